The van der Waals surface area contributed by atoms with Crippen LogP contribution in [0.2, 0.25) is 0 Å². The minimum Gasteiger partial charge on any atom is -0.481 e. The van der Waals surface area contributed by atoms with E-state index in [0.717, 1.165) is 18.4 Å². The topological polar surface area (TPSA) is 63.3 Å². The van der Waals surface area contributed by atoms with Gasteiger partial charge in [0.1, 0.15) is 0 Å². The van der Waals surface area contributed by atoms with Gasteiger partial charge in [0.2, 0.25) is 0 Å². The zero-order chi connectivity index (χ0) is 12.3. The van der Waals surface area contributed by atoms with E-state index in [1.165, 1.54) is 24.0 Å². The summed E-state index contributed by atoms with van der Waals surface area (Å²) in [6, 6.07) is 6.44. The predicted octanol–water partition coefficient (Wildman–Crippen LogP) is 2.43. The number of carbonyl (C=O) groups is 1. The van der Waals surface area contributed by atoms with E-state index in [1.54, 1.807) is 0 Å². The van der Waals surface area contributed by atoms with Gasteiger partial charge >= 0.3 is 5.97 Å². The molecule has 0 aliphatic heterocycles. The van der Waals surface area contributed by atoms with E-state index >= 15 is 0 Å². The van der Waals surface area contributed by atoms with Crippen LogP contribution in [0.1, 0.15) is 48.4 Å². The van der Waals surface area contributed by atoms with Crippen LogP contribution in [-0.2, 0) is 17.6 Å². The highest BCUT2D eigenvalue weighted by Crippen LogP contribution is 2.26. The summed E-state index contributed by atoms with van der Waals surface area (Å²) in [6.45, 7) is 0. The maximum atomic E-state index is 10.4. The molecule has 3 heteroatoms. The summed E-state index contributed by atoms with van der Waals surface area (Å²) in [7, 11) is 0. The van der Waals surface area contributed by atoms with E-state index in [-0.39, 0.29) is 12.5 Å². The van der Waals surface area contributed by atoms with Gasteiger partial charge in [0, 0.05) is 12.5 Å². The van der Waals surface area contributed by atoms with E-state index in [0.29, 0.717) is 6.42 Å². The number of fused-ring (bicyclic) bond motifs is 1. The molecule has 1 aromatic carbocycles. The largest absolute Gasteiger partial charge is 0.481 e. The van der Waals surface area contributed by atoms with Gasteiger partial charge in [-0.15, -0.1) is 0 Å². The Bertz CT molecular complexity index is 415. The molecular weight excluding hydrogens is 214 g/mol. The summed E-state index contributed by atoms with van der Waals surface area (Å²) in [4.78, 5) is 10.4. The van der Waals surface area contributed by atoms with E-state index < -0.39 is 5.97 Å². The molecule has 0 saturated carbocycles. The molecule has 3 nitrogen and oxygen atoms in total. The minimum atomic E-state index is -0.744. The Kier molecular flexibility index (Phi) is 3.79. The third kappa shape index (κ3) is 3.07. The van der Waals surface area contributed by atoms with Gasteiger partial charge in [-0.25, -0.2) is 0 Å². The van der Waals surface area contributed by atoms with Crippen LogP contribution in [0.3, 0.4) is 0 Å². The van der Waals surface area contributed by atoms with Crippen LogP contribution in [-0.4, -0.2) is 11.1 Å². The molecule has 0 bridgehead atoms. The highest BCUT2D eigenvalue weighted by molar-refractivity contribution is 5.66. The molecule has 1 unspecified atom stereocenters. The summed E-state index contributed by atoms with van der Waals surface area (Å²) >= 11 is 0. The number of hydrogen-bond acceptors (Lipinski definition) is 2. The molecule has 0 amide bonds. The van der Waals surface area contributed by atoms with Crippen molar-refractivity contribution in [3.8, 4) is 0 Å². The molecule has 3 N–H and O–H groups in total. The predicted molar refractivity (Wildman–Crippen MR) is 66.9 cm³/mol. The molecule has 17 heavy (non-hydrogen) atoms. The molecule has 1 aliphatic carbocycles. The first-order chi connectivity index (χ1) is 8.16. The summed E-state index contributed by atoms with van der Waals surface area (Å²) in [6.07, 6.45) is 5.18. The summed E-state index contributed by atoms with van der Waals surface area (Å²) in [5.74, 6) is -0.744. The van der Waals surface area contributed by atoms with Gasteiger partial charge in [-0.2, -0.15) is 0 Å². The average molecular weight is 233 g/mol. The Morgan fingerprint density at radius 3 is 2.88 bits per heavy atom. The second-order valence-corrected chi connectivity index (χ2v) is 4.77. The lowest BCUT2D eigenvalue weighted by atomic mass is 9.98. The molecule has 0 fully saturated rings. The average Bonchev–Trinajstić information content (AvgIpc) is 2.75. The SMILES string of the molecule is NC(CCCC(=O)O)c1ccc2c(c1)CCC2. The third-order valence-electron chi connectivity index (χ3n) is 3.46. The molecule has 0 radical (unpaired) electrons. The van der Waals surface area contributed by atoms with Crippen LogP contribution < -0.4 is 5.73 Å². The van der Waals surface area contributed by atoms with Gasteiger partial charge in [-0.05, 0) is 48.8 Å². The number of benzene rings is 1. The monoisotopic (exact) mass is 233 g/mol. The van der Waals surface area contributed by atoms with Crippen LogP contribution in [0.15, 0.2) is 18.2 Å². The number of carboxylic acid groups (broad SMARTS) is 1. The van der Waals surface area contributed by atoms with Gasteiger partial charge < -0.3 is 10.8 Å². The van der Waals surface area contributed by atoms with Crippen molar-refractivity contribution in [1.29, 1.82) is 0 Å². The summed E-state index contributed by atoms with van der Waals surface area (Å²) in [5, 5.41) is 8.58. The highest BCUT2D eigenvalue weighted by Gasteiger charge is 2.13. The fraction of sp³-hybridized carbons (Fsp3) is 0.500. The van der Waals surface area contributed by atoms with Crippen molar-refractivity contribution < 1.29 is 9.90 Å². The Morgan fingerprint density at radius 1 is 1.35 bits per heavy atom. The maximum Gasteiger partial charge on any atom is 0.303 e. The first kappa shape index (κ1) is 12.1. The zero-order valence-electron chi connectivity index (χ0n) is 9.98. The van der Waals surface area contributed by atoms with Crippen LogP contribution in [0, 0.1) is 0 Å². The lowest BCUT2D eigenvalue weighted by Gasteiger charge is -2.13. The molecule has 1 aromatic rings. The first-order valence-corrected chi connectivity index (χ1v) is 6.26. The second-order valence-electron chi connectivity index (χ2n) is 4.77. The number of hydrogen-bond donors (Lipinski definition) is 2. The second kappa shape index (κ2) is 5.32. The molecule has 1 aliphatic rings. The minimum absolute atomic E-state index is 0.0275. The molecule has 0 aromatic heterocycles. The standard InChI is InChI=1S/C14H19NO2/c15-13(5-2-6-14(16)17)12-8-7-10-3-1-4-11(10)9-12/h7-9,13H,1-6,15H2,(H,16,17). The van der Waals surface area contributed by atoms with Crippen molar-refractivity contribution in [1.82, 2.24) is 0 Å². The smallest absolute Gasteiger partial charge is 0.303 e. The van der Waals surface area contributed by atoms with E-state index in [2.05, 4.69) is 18.2 Å². The van der Waals surface area contributed by atoms with E-state index in [4.69, 9.17) is 10.8 Å². The van der Waals surface area contributed by atoms with Crippen molar-refractivity contribution in [2.45, 2.75) is 44.6 Å². The lowest BCUT2D eigenvalue weighted by Crippen LogP contribution is -2.11. The number of carboxylic acids is 1. The first-order valence-electron chi connectivity index (χ1n) is 6.26. The number of rotatable bonds is 5. The molecule has 92 valence electrons. The number of aryl methyl sites for hydroxylation is 2. The Hall–Kier alpha value is -1.35. The molecule has 2 rings (SSSR count). The van der Waals surface area contributed by atoms with Crippen LogP contribution in [0.4, 0.5) is 0 Å². The Balaban J connectivity index is 1.95. The number of nitrogens with two attached hydrogens (primary N) is 1. The van der Waals surface area contributed by atoms with Gasteiger partial charge in [0.25, 0.3) is 0 Å². The van der Waals surface area contributed by atoms with E-state index in [1.807, 2.05) is 0 Å². The fourth-order valence-electron chi connectivity index (χ4n) is 2.46. The van der Waals surface area contributed by atoms with Crippen molar-refractivity contribution in [2.75, 3.05) is 0 Å². The van der Waals surface area contributed by atoms with Gasteiger partial charge in [-0.3, -0.25) is 4.79 Å². The Morgan fingerprint density at radius 2 is 2.12 bits per heavy atom. The lowest BCUT2D eigenvalue weighted by molar-refractivity contribution is -0.137. The van der Waals surface area contributed by atoms with Gasteiger partial charge in [0.05, 0.1) is 0 Å². The van der Waals surface area contributed by atoms with E-state index in [9.17, 15) is 4.79 Å². The quantitative estimate of drug-likeness (QED) is 0.821. The number of aliphatic carboxylic acids is 1. The van der Waals surface area contributed by atoms with Gasteiger partial charge in [-0.1, -0.05) is 18.2 Å². The Labute approximate surface area is 102 Å². The van der Waals surface area contributed by atoms with Crippen molar-refractivity contribution in [2.24, 2.45) is 5.73 Å². The van der Waals surface area contributed by atoms with Crippen LogP contribution in [0.5, 0.6) is 0 Å². The van der Waals surface area contributed by atoms with Crippen molar-refractivity contribution in [3.05, 3.63) is 34.9 Å². The van der Waals surface area contributed by atoms with Crippen molar-refractivity contribution in [3.63, 3.8) is 0 Å². The fourth-order valence-corrected chi connectivity index (χ4v) is 2.46. The molecule has 0 heterocycles. The highest BCUT2D eigenvalue weighted by atomic mass is 16.4. The molecule has 0 saturated heterocycles. The summed E-state index contributed by atoms with van der Waals surface area (Å²) < 4.78 is 0. The van der Waals surface area contributed by atoms with Crippen molar-refractivity contribution >= 4 is 5.97 Å². The zero-order valence-corrected chi connectivity index (χ0v) is 9.98. The van der Waals surface area contributed by atoms with Crippen LogP contribution >= 0.6 is 0 Å². The van der Waals surface area contributed by atoms with Crippen LogP contribution in [0.25, 0.3) is 0 Å². The molecular formula is C14H19NO2. The van der Waals surface area contributed by atoms with Gasteiger partial charge in [0.15, 0.2) is 0 Å². The molecule has 0 spiro atoms. The third-order valence-corrected chi connectivity index (χ3v) is 3.46. The maximum absolute atomic E-state index is 10.4. The summed E-state index contributed by atoms with van der Waals surface area (Å²) in [5.41, 5.74) is 10.1. The normalized spacial score (nSPS) is 15.6. The molecule has 1 atom stereocenters.